The van der Waals surface area contributed by atoms with Crippen LogP contribution in [0.5, 0.6) is 23.3 Å². The maximum absolute atomic E-state index is 12.9. The van der Waals surface area contributed by atoms with Gasteiger partial charge >= 0.3 is 6.18 Å². The highest BCUT2D eigenvalue weighted by Gasteiger charge is 2.30. The van der Waals surface area contributed by atoms with E-state index in [2.05, 4.69) is 19.9 Å². The van der Waals surface area contributed by atoms with Crippen molar-refractivity contribution >= 4 is 23.2 Å². The van der Waals surface area contributed by atoms with Gasteiger partial charge in [0.15, 0.2) is 5.82 Å². The lowest BCUT2D eigenvalue weighted by Gasteiger charge is -2.11. The van der Waals surface area contributed by atoms with Crippen LogP contribution < -0.4 is 9.47 Å². The Morgan fingerprint density at radius 1 is 0.688 bits per heavy atom. The Morgan fingerprint density at radius 3 is 1.62 bits per heavy atom. The number of rotatable bonds is 5. The molecule has 3 heterocycles. The minimum absolute atomic E-state index is 0.0762. The molecule has 6 nitrogen and oxygen atoms in total. The third-order valence-electron chi connectivity index (χ3n) is 3.99. The standard InChI is InChI=1S/C21H11Cl2F3N4O2/c22-16-9-14(5-7-27-16)31-18-11-19(32-15-6-8-28-17(23)10-15)30-20(29-18)12-1-3-13(4-2-12)21(24,25)26/h1-11H. The molecule has 0 spiro atoms. The van der Waals surface area contributed by atoms with Crippen molar-refractivity contribution in [2.75, 3.05) is 0 Å². The normalized spacial score (nSPS) is 11.3. The van der Waals surface area contributed by atoms with Crippen molar-refractivity contribution in [3.8, 4) is 34.6 Å². The van der Waals surface area contributed by atoms with Crippen LogP contribution in [0.2, 0.25) is 10.3 Å². The summed E-state index contributed by atoms with van der Waals surface area (Å²) in [6.07, 6.45) is -1.56. The van der Waals surface area contributed by atoms with Gasteiger partial charge in [0.1, 0.15) is 21.8 Å². The second-order valence-electron chi connectivity index (χ2n) is 6.28. The Labute approximate surface area is 189 Å². The molecular formula is C21H11Cl2F3N4O2. The number of alkyl halides is 3. The molecule has 162 valence electrons. The van der Waals surface area contributed by atoms with Gasteiger partial charge in [-0.05, 0) is 24.3 Å². The quantitative estimate of drug-likeness (QED) is 0.292. The number of pyridine rings is 2. The lowest BCUT2D eigenvalue weighted by Crippen LogP contribution is -2.04. The summed E-state index contributed by atoms with van der Waals surface area (Å²) in [6.45, 7) is 0. The summed E-state index contributed by atoms with van der Waals surface area (Å²) in [5, 5.41) is 0.421. The summed E-state index contributed by atoms with van der Waals surface area (Å²) in [5.74, 6) is 0.936. The maximum Gasteiger partial charge on any atom is 0.416 e. The first-order chi connectivity index (χ1) is 15.3. The second kappa shape index (κ2) is 8.97. The first kappa shape index (κ1) is 21.8. The predicted molar refractivity (Wildman–Crippen MR) is 111 cm³/mol. The molecule has 0 bridgehead atoms. The predicted octanol–water partition coefficient (Wildman–Crippen LogP) is 6.84. The van der Waals surface area contributed by atoms with Crippen LogP contribution in [0.4, 0.5) is 13.2 Å². The van der Waals surface area contributed by atoms with Crippen LogP contribution in [0.25, 0.3) is 11.4 Å². The zero-order chi connectivity index (χ0) is 22.7. The number of hydrogen-bond acceptors (Lipinski definition) is 6. The van der Waals surface area contributed by atoms with Crippen molar-refractivity contribution in [3.63, 3.8) is 0 Å². The van der Waals surface area contributed by atoms with Gasteiger partial charge in [0.05, 0.1) is 11.6 Å². The van der Waals surface area contributed by atoms with Crippen molar-refractivity contribution in [1.82, 2.24) is 19.9 Å². The molecule has 0 unspecified atom stereocenters. The van der Waals surface area contributed by atoms with Gasteiger partial charge in [-0.25, -0.2) is 9.97 Å². The van der Waals surface area contributed by atoms with E-state index in [1.807, 2.05) is 0 Å². The average molecular weight is 479 g/mol. The highest BCUT2D eigenvalue weighted by molar-refractivity contribution is 6.29. The number of benzene rings is 1. The fraction of sp³-hybridized carbons (Fsp3) is 0.0476. The molecule has 0 fully saturated rings. The van der Waals surface area contributed by atoms with E-state index in [-0.39, 0.29) is 27.9 Å². The monoisotopic (exact) mass is 478 g/mol. The van der Waals surface area contributed by atoms with E-state index >= 15 is 0 Å². The van der Waals surface area contributed by atoms with Gasteiger partial charge in [-0.3, -0.25) is 0 Å². The minimum Gasteiger partial charge on any atom is -0.439 e. The third kappa shape index (κ3) is 5.43. The van der Waals surface area contributed by atoms with Gasteiger partial charge in [-0.2, -0.15) is 23.1 Å². The first-order valence-electron chi connectivity index (χ1n) is 8.92. The highest BCUT2D eigenvalue weighted by atomic mass is 35.5. The average Bonchev–Trinajstić information content (AvgIpc) is 2.73. The van der Waals surface area contributed by atoms with Gasteiger partial charge in [0.25, 0.3) is 0 Å². The van der Waals surface area contributed by atoms with Crippen molar-refractivity contribution in [1.29, 1.82) is 0 Å². The van der Waals surface area contributed by atoms with Crippen LogP contribution in [0.1, 0.15) is 5.56 Å². The van der Waals surface area contributed by atoms with E-state index < -0.39 is 11.7 Å². The van der Waals surface area contributed by atoms with Gasteiger partial charge in [-0.15, -0.1) is 0 Å². The molecule has 0 atom stereocenters. The van der Waals surface area contributed by atoms with Crippen molar-refractivity contribution in [2.24, 2.45) is 0 Å². The fourth-order valence-corrected chi connectivity index (χ4v) is 2.91. The van der Waals surface area contributed by atoms with Crippen LogP contribution in [-0.2, 0) is 6.18 Å². The molecule has 4 aromatic rings. The van der Waals surface area contributed by atoms with E-state index in [1.165, 1.54) is 42.7 Å². The summed E-state index contributed by atoms with van der Waals surface area (Å²) in [6, 6.07) is 11.9. The zero-order valence-electron chi connectivity index (χ0n) is 15.8. The van der Waals surface area contributed by atoms with E-state index in [4.69, 9.17) is 32.7 Å². The Hall–Kier alpha value is -3.43. The molecule has 3 aromatic heterocycles. The third-order valence-corrected chi connectivity index (χ3v) is 4.40. The molecule has 0 saturated heterocycles. The first-order valence-corrected chi connectivity index (χ1v) is 9.67. The Balaban J connectivity index is 1.72. The minimum atomic E-state index is -4.46. The van der Waals surface area contributed by atoms with Gasteiger partial charge in [0, 0.05) is 30.1 Å². The number of hydrogen-bond donors (Lipinski definition) is 0. The molecule has 0 amide bonds. The molecule has 0 N–H and O–H groups in total. The lowest BCUT2D eigenvalue weighted by molar-refractivity contribution is -0.137. The lowest BCUT2D eigenvalue weighted by atomic mass is 10.1. The van der Waals surface area contributed by atoms with Gasteiger partial charge < -0.3 is 9.47 Å². The van der Waals surface area contributed by atoms with Crippen LogP contribution in [-0.4, -0.2) is 19.9 Å². The summed E-state index contributed by atoms with van der Waals surface area (Å²) in [7, 11) is 0. The maximum atomic E-state index is 12.9. The largest absolute Gasteiger partial charge is 0.439 e. The van der Waals surface area contributed by atoms with E-state index in [9.17, 15) is 13.2 Å². The van der Waals surface area contributed by atoms with Crippen LogP contribution in [0.15, 0.2) is 67.0 Å². The van der Waals surface area contributed by atoms with Gasteiger partial charge in [-0.1, -0.05) is 35.3 Å². The fourth-order valence-electron chi connectivity index (χ4n) is 2.58. The molecule has 1 aromatic carbocycles. The summed E-state index contributed by atoms with van der Waals surface area (Å²) >= 11 is 11.8. The smallest absolute Gasteiger partial charge is 0.416 e. The Morgan fingerprint density at radius 2 is 1.19 bits per heavy atom. The van der Waals surface area contributed by atoms with Crippen molar-refractivity contribution < 1.29 is 22.6 Å². The van der Waals surface area contributed by atoms with Crippen molar-refractivity contribution in [2.45, 2.75) is 6.18 Å². The second-order valence-corrected chi connectivity index (χ2v) is 7.05. The molecule has 0 aliphatic heterocycles. The molecule has 0 aliphatic carbocycles. The van der Waals surface area contributed by atoms with E-state index in [0.717, 1.165) is 12.1 Å². The number of nitrogens with zero attached hydrogens (tertiary/aromatic N) is 4. The van der Waals surface area contributed by atoms with Crippen LogP contribution in [0, 0.1) is 0 Å². The zero-order valence-corrected chi connectivity index (χ0v) is 17.4. The molecular weight excluding hydrogens is 468 g/mol. The van der Waals surface area contributed by atoms with E-state index in [1.54, 1.807) is 12.1 Å². The Kier molecular flexibility index (Phi) is 6.11. The van der Waals surface area contributed by atoms with E-state index in [0.29, 0.717) is 17.1 Å². The molecule has 32 heavy (non-hydrogen) atoms. The molecule has 0 saturated carbocycles. The van der Waals surface area contributed by atoms with Crippen molar-refractivity contribution in [3.05, 3.63) is 82.9 Å². The molecule has 4 rings (SSSR count). The highest BCUT2D eigenvalue weighted by Crippen LogP contribution is 2.33. The topological polar surface area (TPSA) is 70.0 Å². The molecule has 0 aliphatic rings. The van der Waals surface area contributed by atoms with Crippen LogP contribution in [0.3, 0.4) is 0 Å². The van der Waals surface area contributed by atoms with Crippen LogP contribution >= 0.6 is 23.2 Å². The number of ether oxygens (including phenoxy) is 2. The Bertz CT molecular complexity index is 1190. The summed E-state index contributed by atoms with van der Waals surface area (Å²) in [5.41, 5.74) is -0.461. The molecule has 0 radical (unpaired) electrons. The summed E-state index contributed by atoms with van der Waals surface area (Å²) < 4.78 is 50.1. The number of halogens is 5. The number of aromatic nitrogens is 4. The molecule has 11 heteroatoms. The van der Waals surface area contributed by atoms with Gasteiger partial charge in [0.2, 0.25) is 11.8 Å². The summed E-state index contributed by atoms with van der Waals surface area (Å²) in [4.78, 5) is 16.3. The SMILES string of the molecule is FC(F)(F)c1ccc(-c2nc(Oc3ccnc(Cl)c3)cc(Oc3ccnc(Cl)c3)n2)cc1.